The summed E-state index contributed by atoms with van der Waals surface area (Å²) in [7, 11) is 1.65. The van der Waals surface area contributed by atoms with Crippen LogP contribution in [0.15, 0.2) is 53.6 Å². The zero-order valence-corrected chi connectivity index (χ0v) is 18.1. The number of rotatable bonds is 12. The molecular weight excluding hydrogens is 382 g/mol. The van der Waals surface area contributed by atoms with Crippen molar-refractivity contribution in [1.29, 1.82) is 0 Å². The van der Waals surface area contributed by atoms with Crippen LogP contribution in [-0.2, 0) is 6.54 Å². The monoisotopic (exact) mass is 413 g/mol. The van der Waals surface area contributed by atoms with Crippen molar-refractivity contribution >= 4 is 23.5 Å². The Balaban J connectivity index is 1.65. The summed E-state index contributed by atoms with van der Waals surface area (Å²) in [6.45, 7) is 3.62. The molecule has 5 nitrogen and oxygen atoms in total. The molecule has 0 bridgehead atoms. The molecule has 0 fully saturated rings. The van der Waals surface area contributed by atoms with E-state index in [1.807, 2.05) is 48.5 Å². The molecule has 0 atom stereocenters. The summed E-state index contributed by atoms with van der Waals surface area (Å²) in [6.07, 6.45) is 7.93. The number of unbranched alkanes of at least 4 members (excludes halogenated alkanes) is 4. The molecule has 0 aromatic heterocycles. The van der Waals surface area contributed by atoms with Crippen LogP contribution in [0, 0.1) is 0 Å². The number of hydrogen-bond acceptors (Lipinski definition) is 4. The largest absolute Gasteiger partial charge is 0.497 e. The van der Waals surface area contributed by atoms with E-state index in [0.717, 1.165) is 35.7 Å². The van der Waals surface area contributed by atoms with Crippen molar-refractivity contribution in [3.8, 4) is 11.5 Å². The van der Waals surface area contributed by atoms with Gasteiger partial charge < -0.3 is 14.8 Å². The third-order valence-electron chi connectivity index (χ3n) is 4.39. The second kappa shape index (κ2) is 13.6. The molecule has 2 N–H and O–H groups in total. The van der Waals surface area contributed by atoms with Crippen LogP contribution in [-0.4, -0.2) is 25.0 Å². The van der Waals surface area contributed by atoms with Crippen LogP contribution in [0.25, 0.3) is 0 Å². The van der Waals surface area contributed by atoms with Crippen molar-refractivity contribution < 1.29 is 9.47 Å². The smallest absolute Gasteiger partial charge is 0.187 e. The Hall–Kier alpha value is -2.60. The van der Waals surface area contributed by atoms with Crippen LogP contribution in [0.4, 0.5) is 0 Å². The van der Waals surface area contributed by atoms with Crippen LogP contribution >= 0.6 is 12.2 Å². The minimum Gasteiger partial charge on any atom is -0.497 e. The molecule has 2 aromatic carbocycles. The predicted molar refractivity (Wildman–Crippen MR) is 124 cm³/mol. The molecule has 0 unspecified atom stereocenters. The van der Waals surface area contributed by atoms with Gasteiger partial charge in [0.2, 0.25) is 0 Å². The van der Waals surface area contributed by atoms with Gasteiger partial charge in [0.25, 0.3) is 0 Å². The minimum atomic E-state index is 0.472. The molecule has 0 aliphatic rings. The Bertz CT molecular complexity index is 746. The highest BCUT2D eigenvalue weighted by Gasteiger charge is 1.98. The molecule has 0 radical (unpaired) electrons. The van der Waals surface area contributed by atoms with Gasteiger partial charge in [-0.1, -0.05) is 44.7 Å². The Morgan fingerprint density at radius 3 is 2.34 bits per heavy atom. The van der Waals surface area contributed by atoms with Gasteiger partial charge in [-0.25, -0.2) is 0 Å². The average Bonchev–Trinajstić information content (AvgIpc) is 2.76. The van der Waals surface area contributed by atoms with Gasteiger partial charge in [-0.2, -0.15) is 5.10 Å². The van der Waals surface area contributed by atoms with E-state index in [1.54, 1.807) is 13.3 Å². The van der Waals surface area contributed by atoms with Crippen molar-refractivity contribution in [3.63, 3.8) is 0 Å². The number of ether oxygens (including phenoxy) is 2. The Morgan fingerprint density at radius 1 is 0.966 bits per heavy atom. The van der Waals surface area contributed by atoms with Crippen LogP contribution in [0.3, 0.4) is 0 Å². The van der Waals surface area contributed by atoms with Crippen molar-refractivity contribution in [2.24, 2.45) is 5.10 Å². The fourth-order valence-corrected chi connectivity index (χ4v) is 2.80. The van der Waals surface area contributed by atoms with Crippen molar-refractivity contribution in [1.82, 2.24) is 10.7 Å². The average molecular weight is 414 g/mol. The maximum atomic E-state index is 5.77. The fourth-order valence-electron chi connectivity index (χ4n) is 2.68. The maximum Gasteiger partial charge on any atom is 0.187 e. The highest BCUT2D eigenvalue weighted by molar-refractivity contribution is 7.80. The number of hydrazone groups is 1. The molecule has 0 saturated heterocycles. The van der Waals surface area contributed by atoms with Crippen molar-refractivity contribution in [3.05, 3.63) is 59.7 Å². The zero-order valence-electron chi connectivity index (χ0n) is 17.3. The summed E-state index contributed by atoms with van der Waals surface area (Å²) in [4.78, 5) is 0. The number of benzene rings is 2. The third kappa shape index (κ3) is 9.43. The van der Waals surface area contributed by atoms with E-state index in [-0.39, 0.29) is 0 Å². The van der Waals surface area contributed by atoms with Gasteiger partial charge in [-0.15, -0.1) is 0 Å². The Labute approximate surface area is 179 Å². The lowest BCUT2D eigenvalue weighted by atomic mass is 10.2. The summed E-state index contributed by atoms with van der Waals surface area (Å²) in [5, 5.41) is 7.77. The second-order valence-electron chi connectivity index (χ2n) is 6.73. The first-order valence-electron chi connectivity index (χ1n) is 10.1. The molecule has 0 heterocycles. The van der Waals surface area contributed by atoms with Gasteiger partial charge in [-0.3, -0.25) is 5.43 Å². The van der Waals surface area contributed by atoms with Crippen LogP contribution in [0.2, 0.25) is 0 Å². The molecule has 0 spiro atoms. The fraction of sp³-hybridized carbons (Fsp3) is 0.391. The van der Waals surface area contributed by atoms with Gasteiger partial charge in [0.05, 0.1) is 19.9 Å². The number of nitrogens with one attached hydrogen (secondary N) is 2. The first kappa shape index (κ1) is 22.7. The Kier molecular flexibility index (Phi) is 10.6. The van der Waals surface area contributed by atoms with Crippen LogP contribution in [0.5, 0.6) is 11.5 Å². The van der Waals surface area contributed by atoms with Gasteiger partial charge in [0.15, 0.2) is 5.11 Å². The Morgan fingerprint density at radius 2 is 1.66 bits per heavy atom. The molecular formula is C23H31N3O2S. The highest BCUT2D eigenvalue weighted by atomic mass is 32.1. The molecule has 2 rings (SSSR count). The summed E-state index contributed by atoms with van der Waals surface area (Å²) < 4.78 is 10.9. The molecule has 6 heteroatoms. The highest BCUT2D eigenvalue weighted by Crippen LogP contribution is 2.13. The van der Waals surface area contributed by atoms with E-state index in [2.05, 4.69) is 22.8 Å². The maximum absolute atomic E-state index is 5.77. The number of methoxy groups -OCH3 is 1. The number of nitrogens with zero attached hydrogens (tertiary/aromatic N) is 1. The number of hydrogen-bond donors (Lipinski definition) is 2. The first-order chi connectivity index (χ1) is 14.2. The van der Waals surface area contributed by atoms with Gasteiger partial charge in [0, 0.05) is 6.54 Å². The predicted octanol–water partition coefficient (Wildman–Crippen LogP) is 5.04. The zero-order chi connectivity index (χ0) is 20.7. The standard InChI is InChI=1S/C23H31N3O2S/c1-3-4-5-6-7-16-28-22-14-10-20(11-15-22)18-25-26-23(29)24-17-19-8-12-21(27-2)13-9-19/h8-15,18H,3-7,16-17H2,1-2H3,(H2,24,26,29)/b25-18-. The van der Waals surface area contributed by atoms with Gasteiger partial charge >= 0.3 is 0 Å². The van der Waals surface area contributed by atoms with E-state index in [4.69, 9.17) is 21.7 Å². The van der Waals surface area contributed by atoms with E-state index in [1.165, 1.54) is 25.7 Å². The van der Waals surface area contributed by atoms with Gasteiger partial charge in [-0.05, 0) is 66.2 Å². The molecule has 0 aliphatic heterocycles. The van der Waals surface area contributed by atoms with Crippen LogP contribution < -0.4 is 20.2 Å². The summed E-state index contributed by atoms with van der Waals surface area (Å²) in [5.74, 6) is 1.73. The lowest BCUT2D eigenvalue weighted by molar-refractivity contribution is 0.304. The van der Waals surface area contributed by atoms with Crippen LogP contribution in [0.1, 0.15) is 50.2 Å². The quantitative estimate of drug-likeness (QED) is 0.221. The molecule has 29 heavy (non-hydrogen) atoms. The molecule has 0 saturated carbocycles. The summed E-state index contributed by atoms with van der Waals surface area (Å²) >= 11 is 5.24. The minimum absolute atomic E-state index is 0.472. The van der Waals surface area contributed by atoms with E-state index in [0.29, 0.717) is 11.7 Å². The normalized spacial score (nSPS) is 10.7. The third-order valence-corrected chi connectivity index (χ3v) is 4.62. The summed E-state index contributed by atoms with van der Waals surface area (Å²) in [6, 6.07) is 15.7. The van der Waals surface area contributed by atoms with Crippen molar-refractivity contribution in [2.45, 2.75) is 45.6 Å². The van der Waals surface area contributed by atoms with Gasteiger partial charge in [0.1, 0.15) is 11.5 Å². The lowest BCUT2D eigenvalue weighted by Crippen LogP contribution is -2.31. The van der Waals surface area contributed by atoms with E-state index < -0.39 is 0 Å². The molecule has 0 amide bonds. The van der Waals surface area contributed by atoms with Crippen molar-refractivity contribution in [2.75, 3.05) is 13.7 Å². The second-order valence-corrected chi connectivity index (χ2v) is 7.14. The van der Waals surface area contributed by atoms with E-state index in [9.17, 15) is 0 Å². The molecule has 2 aromatic rings. The number of thiocarbonyl (C=S) groups is 1. The molecule has 156 valence electrons. The SMILES string of the molecule is CCCCCCCOc1ccc(/C=N\NC(=S)NCc2ccc(OC)cc2)cc1. The van der Waals surface area contributed by atoms with E-state index >= 15 is 0 Å². The lowest BCUT2D eigenvalue weighted by Gasteiger charge is -2.08. The topological polar surface area (TPSA) is 54.9 Å². The molecule has 0 aliphatic carbocycles. The first-order valence-corrected chi connectivity index (χ1v) is 10.5. The summed E-state index contributed by atoms with van der Waals surface area (Å²) in [5.41, 5.74) is 4.92.